The van der Waals surface area contributed by atoms with E-state index in [4.69, 9.17) is 0 Å². The van der Waals surface area contributed by atoms with E-state index in [1.165, 1.54) is 7.11 Å². The van der Waals surface area contributed by atoms with Crippen molar-refractivity contribution in [3.05, 3.63) is 36.0 Å². The van der Waals surface area contributed by atoms with Crippen molar-refractivity contribution in [3.8, 4) is 0 Å². The van der Waals surface area contributed by atoms with Crippen molar-refractivity contribution in [1.29, 1.82) is 0 Å². The summed E-state index contributed by atoms with van der Waals surface area (Å²) in [7, 11) is 1.26. The van der Waals surface area contributed by atoms with Crippen LogP contribution >= 0.6 is 0 Å². The van der Waals surface area contributed by atoms with Crippen LogP contribution in [0.3, 0.4) is 0 Å². The van der Waals surface area contributed by atoms with Gasteiger partial charge in [-0.15, -0.1) is 0 Å². The van der Waals surface area contributed by atoms with Crippen molar-refractivity contribution >= 4 is 28.7 Å². The Balaban J connectivity index is 0.00000151. The molecule has 2 aromatic rings. The molecule has 2 rings (SSSR count). The number of hydrazine groups is 1. The summed E-state index contributed by atoms with van der Waals surface area (Å²) in [5.74, 6) is -1.19. The fourth-order valence-electron chi connectivity index (χ4n) is 2.17. The summed E-state index contributed by atoms with van der Waals surface area (Å²) in [5.41, 5.74) is 6.68. The van der Waals surface area contributed by atoms with E-state index in [9.17, 15) is 14.4 Å². The number of nitrogens with one attached hydrogen (secondary N) is 3. The number of esters is 1. The monoisotopic (exact) mass is 347 g/mol. The molecule has 25 heavy (non-hydrogen) atoms. The Morgan fingerprint density at radius 1 is 1.00 bits per heavy atom. The zero-order chi connectivity index (χ0) is 18.7. The minimum absolute atomic E-state index is 0.0203. The van der Waals surface area contributed by atoms with E-state index >= 15 is 0 Å². The Kier molecular flexibility index (Phi) is 8.78. The fourth-order valence-corrected chi connectivity index (χ4v) is 2.17. The molecular formula is C18H25N3O4. The van der Waals surface area contributed by atoms with Crippen molar-refractivity contribution in [3.63, 3.8) is 0 Å². The van der Waals surface area contributed by atoms with Crippen LogP contribution in [0, 0.1) is 0 Å². The molecule has 1 aromatic heterocycles. The van der Waals surface area contributed by atoms with E-state index in [-0.39, 0.29) is 25.2 Å². The third kappa shape index (κ3) is 6.66. The first kappa shape index (κ1) is 20.2. The van der Waals surface area contributed by atoms with Gasteiger partial charge in [0, 0.05) is 29.9 Å². The van der Waals surface area contributed by atoms with Gasteiger partial charge < -0.3 is 9.72 Å². The Bertz CT molecular complexity index is 709. The molecule has 0 atom stereocenters. The van der Waals surface area contributed by atoms with E-state index in [1.54, 1.807) is 0 Å². The average Bonchev–Trinajstić information content (AvgIpc) is 3.07. The van der Waals surface area contributed by atoms with Gasteiger partial charge in [-0.1, -0.05) is 32.0 Å². The highest BCUT2D eigenvalue weighted by molar-refractivity contribution is 5.86. The topological polar surface area (TPSA) is 100 Å². The molecule has 0 fully saturated rings. The third-order valence-electron chi connectivity index (χ3n) is 3.42. The minimum Gasteiger partial charge on any atom is -0.469 e. The van der Waals surface area contributed by atoms with Gasteiger partial charge in [0.1, 0.15) is 0 Å². The quantitative estimate of drug-likeness (QED) is 0.551. The van der Waals surface area contributed by atoms with Gasteiger partial charge in [0.05, 0.1) is 13.5 Å². The van der Waals surface area contributed by atoms with Crippen LogP contribution < -0.4 is 10.9 Å². The highest BCUT2D eigenvalue weighted by Gasteiger charge is 2.09. The molecule has 0 saturated heterocycles. The third-order valence-corrected chi connectivity index (χ3v) is 3.42. The lowest BCUT2D eigenvalue weighted by Crippen LogP contribution is -2.41. The predicted molar refractivity (Wildman–Crippen MR) is 95.5 cm³/mol. The summed E-state index contributed by atoms with van der Waals surface area (Å²) >= 11 is 0. The Morgan fingerprint density at radius 2 is 1.64 bits per heavy atom. The Morgan fingerprint density at radius 3 is 2.32 bits per heavy atom. The second-order valence-corrected chi connectivity index (χ2v) is 5.03. The highest BCUT2D eigenvalue weighted by atomic mass is 16.5. The molecule has 0 spiro atoms. The van der Waals surface area contributed by atoms with E-state index in [1.807, 2.05) is 44.3 Å². The maximum absolute atomic E-state index is 11.7. The molecule has 0 aliphatic carbocycles. The number of H-pyrrole nitrogens is 1. The van der Waals surface area contributed by atoms with Crippen molar-refractivity contribution in [1.82, 2.24) is 15.8 Å². The Labute approximate surface area is 147 Å². The predicted octanol–water partition coefficient (Wildman–Crippen LogP) is 2.23. The summed E-state index contributed by atoms with van der Waals surface area (Å²) in [6.45, 7) is 4.00. The highest BCUT2D eigenvalue weighted by Crippen LogP contribution is 2.18. The van der Waals surface area contributed by atoms with E-state index in [2.05, 4.69) is 20.6 Å². The van der Waals surface area contributed by atoms with Gasteiger partial charge in [-0.05, 0) is 18.1 Å². The average molecular weight is 347 g/mol. The standard InChI is InChI=1S/C16H19N3O4.C2H6/c1-23-16(22)9-8-15(21)19-18-14(20)7-6-11-10-17-13-5-3-2-4-12(11)13;1-2/h2-5,10,17H,6-9H2,1H3,(H,18,20)(H,19,21);1-2H3. The number of aromatic amines is 1. The molecule has 136 valence electrons. The SMILES string of the molecule is CC.COC(=O)CCC(=O)NNC(=O)CCc1c[nH]c2ccccc12. The summed E-state index contributed by atoms with van der Waals surface area (Å²) in [6, 6.07) is 7.86. The van der Waals surface area contributed by atoms with Crippen LogP contribution in [0.1, 0.15) is 38.7 Å². The molecule has 1 heterocycles. The zero-order valence-electron chi connectivity index (χ0n) is 14.8. The number of carbonyl (C=O) groups excluding carboxylic acids is 3. The molecule has 0 bridgehead atoms. The van der Waals surface area contributed by atoms with Crippen LogP contribution in [0.15, 0.2) is 30.5 Å². The molecule has 0 radical (unpaired) electrons. The number of amides is 2. The van der Waals surface area contributed by atoms with Gasteiger partial charge in [0.25, 0.3) is 0 Å². The van der Waals surface area contributed by atoms with Crippen LogP contribution in [-0.4, -0.2) is 29.9 Å². The molecule has 0 aliphatic heterocycles. The van der Waals surface area contributed by atoms with Gasteiger partial charge in [0.2, 0.25) is 11.8 Å². The van der Waals surface area contributed by atoms with Gasteiger partial charge in [-0.25, -0.2) is 0 Å². The zero-order valence-corrected chi connectivity index (χ0v) is 14.8. The lowest BCUT2D eigenvalue weighted by atomic mass is 10.1. The van der Waals surface area contributed by atoms with Crippen molar-refractivity contribution in [2.75, 3.05) is 7.11 Å². The second kappa shape index (κ2) is 10.9. The molecule has 0 unspecified atom stereocenters. The lowest BCUT2D eigenvalue weighted by molar-refractivity contribution is -0.142. The summed E-state index contributed by atoms with van der Waals surface area (Å²) in [5, 5.41) is 1.09. The molecule has 0 aliphatic rings. The maximum atomic E-state index is 11.7. The Hall–Kier alpha value is -2.83. The molecule has 2 amide bonds. The number of para-hydroxylation sites is 1. The molecule has 0 saturated carbocycles. The lowest BCUT2D eigenvalue weighted by Gasteiger charge is -2.06. The van der Waals surface area contributed by atoms with Crippen LogP contribution in [0.4, 0.5) is 0 Å². The fraction of sp³-hybridized carbons (Fsp3) is 0.389. The summed E-state index contributed by atoms with van der Waals surface area (Å²) < 4.78 is 4.43. The molecule has 3 N–H and O–H groups in total. The smallest absolute Gasteiger partial charge is 0.306 e. The number of methoxy groups -OCH3 is 1. The molecule has 7 heteroatoms. The van der Waals surface area contributed by atoms with E-state index in [0.29, 0.717) is 6.42 Å². The largest absolute Gasteiger partial charge is 0.469 e. The van der Waals surface area contributed by atoms with Crippen molar-refractivity contribution in [2.45, 2.75) is 39.5 Å². The van der Waals surface area contributed by atoms with Crippen LogP contribution in [0.5, 0.6) is 0 Å². The maximum Gasteiger partial charge on any atom is 0.306 e. The molecular weight excluding hydrogens is 322 g/mol. The van der Waals surface area contributed by atoms with Gasteiger partial charge in [0.15, 0.2) is 0 Å². The number of hydrogen-bond donors (Lipinski definition) is 3. The molecule has 7 nitrogen and oxygen atoms in total. The van der Waals surface area contributed by atoms with E-state index in [0.717, 1.165) is 16.5 Å². The first-order chi connectivity index (χ1) is 12.1. The van der Waals surface area contributed by atoms with Gasteiger partial charge in [-0.3, -0.25) is 25.2 Å². The summed E-state index contributed by atoms with van der Waals surface area (Å²) in [4.78, 5) is 37.2. The minimum atomic E-state index is -0.467. The number of fused-ring (bicyclic) bond motifs is 1. The number of aryl methyl sites for hydroxylation is 1. The van der Waals surface area contributed by atoms with E-state index < -0.39 is 11.9 Å². The number of carbonyl (C=O) groups is 3. The normalized spacial score (nSPS) is 9.72. The number of rotatable bonds is 6. The van der Waals surface area contributed by atoms with Crippen LogP contribution in [0.25, 0.3) is 10.9 Å². The van der Waals surface area contributed by atoms with Gasteiger partial charge >= 0.3 is 5.97 Å². The van der Waals surface area contributed by atoms with Gasteiger partial charge in [-0.2, -0.15) is 0 Å². The summed E-state index contributed by atoms with van der Waals surface area (Å²) in [6.07, 6.45) is 2.64. The number of aromatic nitrogens is 1. The first-order valence-electron chi connectivity index (χ1n) is 8.29. The molecule has 1 aromatic carbocycles. The number of benzene rings is 1. The van der Waals surface area contributed by atoms with Crippen LogP contribution in [-0.2, 0) is 25.5 Å². The van der Waals surface area contributed by atoms with Crippen LogP contribution in [0.2, 0.25) is 0 Å². The van der Waals surface area contributed by atoms with Crippen molar-refractivity contribution < 1.29 is 19.1 Å². The number of ether oxygens (including phenoxy) is 1. The van der Waals surface area contributed by atoms with Crippen molar-refractivity contribution in [2.24, 2.45) is 0 Å². The second-order valence-electron chi connectivity index (χ2n) is 5.03. The number of hydrogen-bond acceptors (Lipinski definition) is 4. The first-order valence-corrected chi connectivity index (χ1v) is 8.29.